The van der Waals surface area contributed by atoms with Gasteiger partial charge in [-0.25, -0.2) is 4.79 Å². The van der Waals surface area contributed by atoms with Gasteiger partial charge in [0.25, 0.3) is 0 Å². The Bertz CT molecular complexity index is 1410. The number of hydrogen-bond donors (Lipinski definition) is 0. The lowest BCUT2D eigenvalue weighted by Crippen LogP contribution is -2.36. The Morgan fingerprint density at radius 3 is 2.34 bits per heavy atom. The molecule has 2 fully saturated rings. The second-order valence-electron chi connectivity index (χ2n) is 10.4. The first-order valence-electron chi connectivity index (χ1n) is 14.2. The second kappa shape index (κ2) is 14.0. The summed E-state index contributed by atoms with van der Waals surface area (Å²) in [6.45, 7) is 6.42. The number of morpholine rings is 1. The van der Waals surface area contributed by atoms with Crippen LogP contribution in [0.25, 0.3) is 5.57 Å². The molecule has 1 saturated carbocycles. The minimum absolute atomic E-state index is 0.124. The van der Waals surface area contributed by atoms with Crippen LogP contribution < -0.4 is 9.47 Å². The average molecular weight is 552 g/mol. The fraction of sp³-hybridized carbons (Fsp3) is 0.343. The summed E-state index contributed by atoms with van der Waals surface area (Å²) in [5.41, 5.74) is 6.71. The van der Waals surface area contributed by atoms with Crippen LogP contribution in [0.3, 0.4) is 0 Å². The molecule has 1 aliphatic carbocycles. The third kappa shape index (κ3) is 8.23. The third-order valence-corrected chi connectivity index (χ3v) is 7.36. The zero-order chi connectivity index (χ0) is 28.4. The summed E-state index contributed by atoms with van der Waals surface area (Å²) in [4.78, 5) is 13.7. The molecule has 0 atom stereocenters. The summed E-state index contributed by atoms with van der Waals surface area (Å²) < 4.78 is 21.7. The molecule has 0 bridgehead atoms. The van der Waals surface area contributed by atoms with E-state index < -0.39 is 5.97 Å². The Balaban J connectivity index is 1.28. The van der Waals surface area contributed by atoms with E-state index in [1.165, 1.54) is 25.5 Å². The van der Waals surface area contributed by atoms with Crippen LogP contribution in [0.15, 0.2) is 72.8 Å². The van der Waals surface area contributed by atoms with Gasteiger partial charge in [0.2, 0.25) is 0 Å². The maximum Gasteiger partial charge on any atom is 0.343 e. The number of nitrogens with zero attached hydrogens (tertiary/aromatic N) is 1. The fourth-order valence-corrected chi connectivity index (χ4v) is 4.79. The number of ether oxygens (including phenoxy) is 4. The summed E-state index contributed by atoms with van der Waals surface area (Å²) in [6.07, 6.45) is 4.70. The van der Waals surface area contributed by atoms with Crippen LogP contribution in [0, 0.1) is 18.8 Å². The largest absolute Gasteiger partial charge is 0.489 e. The Hall–Kier alpha value is -4.05. The predicted molar refractivity (Wildman–Crippen MR) is 160 cm³/mol. The van der Waals surface area contributed by atoms with Gasteiger partial charge in [0.1, 0.15) is 18.1 Å². The van der Waals surface area contributed by atoms with Crippen LogP contribution in [0.4, 0.5) is 0 Å². The van der Waals surface area contributed by atoms with Gasteiger partial charge < -0.3 is 18.9 Å². The van der Waals surface area contributed by atoms with Gasteiger partial charge in [0.15, 0.2) is 6.61 Å². The number of methoxy groups -OCH3 is 1. The van der Waals surface area contributed by atoms with E-state index in [-0.39, 0.29) is 6.61 Å². The molecule has 212 valence electrons. The summed E-state index contributed by atoms with van der Waals surface area (Å²) >= 11 is 0. The molecule has 0 spiro atoms. The maximum atomic E-state index is 11.4. The van der Waals surface area contributed by atoms with E-state index in [0.29, 0.717) is 12.4 Å². The lowest BCUT2D eigenvalue weighted by molar-refractivity contribution is -0.142. The van der Waals surface area contributed by atoms with Crippen LogP contribution >= 0.6 is 0 Å². The quantitative estimate of drug-likeness (QED) is 0.241. The minimum atomic E-state index is -0.416. The van der Waals surface area contributed by atoms with E-state index in [4.69, 9.17) is 14.2 Å². The van der Waals surface area contributed by atoms with E-state index >= 15 is 0 Å². The molecule has 0 aromatic heterocycles. The first kappa shape index (κ1) is 28.5. The number of carbonyl (C=O) groups excluding carboxylic acids is 1. The van der Waals surface area contributed by atoms with Crippen molar-refractivity contribution in [1.29, 1.82) is 0 Å². The Morgan fingerprint density at radius 2 is 1.68 bits per heavy atom. The predicted octanol–water partition coefficient (Wildman–Crippen LogP) is 5.62. The number of carbonyl (C=O) groups is 1. The molecule has 6 nitrogen and oxygen atoms in total. The lowest BCUT2D eigenvalue weighted by atomic mass is 9.95. The zero-order valence-corrected chi connectivity index (χ0v) is 23.9. The first-order chi connectivity index (χ1) is 20.1. The maximum absolute atomic E-state index is 11.4. The van der Waals surface area contributed by atoms with Crippen molar-refractivity contribution in [3.8, 4) is 23.3 Å². The first-order valence-corrected chi connectivity index (χ1v) is 14.2. The molecule has 41 heavy (non-hydrogen) atoms. The van der Waals surface area contributed by atoms with Gasteiger partial charge in [-0.2, -0.15) is 0 Å². The van der Waals surface area contributed by atoms with Crippen molar-refractivity contribution in [3.63, 3.8) is 0 Å². The molecule has 3 aromatic carbocycles. The van der Waals surface area contributed by atoms with Crippen molar-refractivity contribution >= 4 is 11.5 Å². The van der Waals surface area contributed by atoms with Crippen molar-refractivity contribution in [2.45, 2.75) is 25.7 Å². The molecule has 3 aromatic rings. The normalized spacial score (nSPS) is 15.5. The fourth-order valence-electron chi connectivity index (χ4n) is 4.79. The van der Waals surface area contributed by atoms with Gasteiger partial charge in [-0.15, -0.1) is 0 Å². The van der Waals surface area contributed by atoms with Crippen molar-refractivity contribution in [2.24, 2.45) is 0 Å². The van der Waals surface area contributed by atoms with Crippen molar-refractivity contribution in [1.82, 2.24) is 4.90 Å². The van der Waals surface area contributed by atoms with Gasteiger partial charge >= 0.3 is 5.97 Å². The molecule has 1 heterocycles. The molecular formula is C35H37NO5. The highest BCUT2D eigenvalue weighted by molar-refractivity contribution is 5.80. The summed E-state index contributed by atoms with van der Waals surface area (Å²) in [5, 5.41) is 0. The van der Waals surface area contributed by atoms with Crippen LogP contribution in [-0.2, 0) is 14.3 Å². The van der Waals surface area contributed by atoms with Crippen molar-refractivity contribution in [3.05, 3.63) is 101 Å². The average Bonchev–Trinajstić information content (AvgIpc) is 3.86. The topological polar surface area (TPSA) is 57.2 Å². The molecule has 5 rings (SSSR count). The van der Waals surface area contributed by atoms with Crippen molar-refractivity contribution < 1.29 is 23.7 Å². The monoisotopic (exact) mass is 551 g/mol. The molecule has 1 aliphatic heterocycles. The highest BCUT2D eigenvalue weighted by Gasteiger charge is 2.23. The zero-order valence-electron chi connectivity index (χ0n) is 23.9. The smallest absolute Gasteiger partial charge is 0.343 e. The van der Waals surface area contributed by atoms with E-state index in [0.717, 1.165) is 72.3 Å². The van der Waals surface area contributed by atoms with Gasteiger partial charge in [0, 0.05) is 18.7 Å². The summed E-state index contributed by atoms with van der Waals surface area (Å²) in [7, 11) is 1.34. The SMILES string of the molecule is COC(=O)COc1ccc(OCC=C(c2ccc(C#CCN3CCOCC3)cc2)c2ccc(C3CC3)cc2)cc1C. The number of esters is 1. The van der Waals surface area contributed by atoms with Gasteiger partial charge in [-0.3, -0.25) is 4.90 Å². The van der Waals surface area contributed by atoms with Crippen LogP contribution in [-0.4, -0.2) is 64.0 Å². The molecular weight excluding hydrogens is 514 g/mol. The standard InChI is InChI=1S/C35H37NO5/c1-26-24-32(15-16-34(26)41-25-35(37)38-2)40-21-17-33(31-13-11-29(12-14-31)28-9-10-28)30-7-5-27(6-8-30)4-3-18-36-19-22-39-23-20-36/h5-8,11-17,24,28H,9-10,18-23,25H2,1-2H3. The summed E-state index contributed by atoms with van der Waals surface area (Å²) in [6, 6.07) is 23.0. The Morgan fingerprint density at radius 1 is 0.976 bits per heavy atom. The minimum Gasteiger partial charge on any atom is -0.489 e. The molecule has 2 aliphatic rings. The number of aryl methyl sites for hydroxylation is 1. The van der Waals surface area contributed by atoms with E-state index in [1.54, 1.807) is 0 Å². The molecule has 0 unspecified atom stereocenters. The Labute approximate surface area is 242 Å². The lowest BCUT2D eigenvalue weighted by Gasteiger charge is -2.24. The van der Waals surface area contributed by atoms with Crippen LogP contribution in [0.1, 0.15) is 46.6 Å². The number of hydrogen-bond acceptors (Lipinski definition) is 6. The summed E-state index contributed by atoms with van der Waals surface area (Å²) in [5.74, 6) is 8.28. The van der Waals surface area contributed by atoms with E-state index in [1.807, 2.05) is 25.1 Å². The van der Waals surface area contributed by atoms with Crippen molar-refractivity contribution in [2.75, 3.05) is 53.2 Å². The molecule has 6 heteroatoms. The third-order valence-electron chi connectivity index (χ3n) is 7.36. The van der Waals surface area contributed by atoms with Gasteiger partial charge in [0.05, 0.1) is 26.9 Å². The van der Waals surface area contributed by atoms with E-state index in [2.05, 4.69) is 76.1 Å². The molecule has 0 radical (unpaired) electrons. The number of benzene rings is 3. The molecule has 0 N–H and O–H groups in total. The second-order valence-corrected chi connectivity index (χ2v) is 10.4. The molecule has 1 saturated heterocycles. The Kier molecular flexibility index (Phi) is 9.74. The van der Waals surface area contributed by atoms with Gasteiger partial charge in [-0.05, 0) is 89.9 Å². The van der Waals surface area contributed by atoms with Crippen LogP contribution in [0.5, 0.6) is 11.5 Å². The molecule has 0 amide bonds. The number of rotatable bonds is 10. The van der Waals surface area contributed by atoms with Crippen LogP contribution in [0.2, 0.25) is 0 Å². The van der Waals surface area contributed by atoms with E-state index in [9.17, 15) is 4.79 Å². The van der Waals surface area contributed by atoms with Gasteiger partial charge in [-0.1, -0.05) is 48.2 Å². The highest BCUT2D eigenvalue weighted by atomic mass is 16.6. The highest BCUT2D eigenvalue weighted by Crippen LogP contribution is 2.40.